The van der Waals surface area contributed by atoms with Gasteiger partial charge in [0.1, 0.15) is 5.70 Å². The summed E-state index contributed by atoms with van der Waals surface area (Å²) in [5, 5.41) is 19.7. The maximum atomic E-state index is 13.2. The number of rotatable bonds is 8. The minimum absolute atomic E-state index is 0.0275. The van der Waals surface area contributed by atoms with Gasteiger partial charge in [-0.2, -0.15) is 0 Å². The number of carboxylic acid groups (broad SMARTS) is 1. The Bertz CT molecular complexity index is 1000. The Kier molecular flexibility index (Phi) is 7.54. The average Bonchev–Trinajstić information content (AvgIpc) is 3.63. The first-order chi connectivity index (χ1) is 17.7. The molecule has 3 amide bonds. The first-order valence-electron chi connectivity index (χ1n) is 13.4. The minimum Gasteiger partial charge on any atom is -0.477 e. The number of hydrogen-bond acceptors (Lipinski definition) is 8. The van der Waals surface area contributed by atoms with E-state index < -0.39 is 11.9 Å². The molecule has 0 saturated carbocycles. The molecule has 5 aliphatic heterocycles. The normalized spacial score (nSPS) is 36.1. The van der Waals surface area contributed by atoms with Crippen molar-refractivity contribution in [3.63, 3.8) is 0 Å². The molecular formula is C25H38N6O5S. The Balaban J connectivity index is 1.22. The summed E-state index contributed by atoms with van der Waals surface area (Å²) in [7, 11) is 0. The van der Waals surface area contributed by atoms with E-state index in [0.717, 1.165) is 25.8 Å². The van der Waals surface area contributed by atoms with Crippen LogP contribution in [-0.2, 0) is 19.2 Å². The van der Waals surface area contributed by atoms with Crippen molar-refractivity contribution in [2.75, 3.05) is 26.2 Å². The number of thioether (sulfide) groups is 1. The first-order valence-corrected chi connectivity index (χ1v) is 14.3. The lowest BCUT2D eigenvalue weighted by Crippen LogP contribution is -2.66. The summed E-state index contributed by atoms with van der Waals surface area (Å²) in [5.41, 5.74) is 6.01. The zero-order valence-corrected chi connectivity index (χ0v) is 22.3. The zero-order chi connectivity index (χ0) is 26.4. The van der Waals surface area contributed by atoms with Gasteiger partial charge in [-0.05, 0) is 39.2 Å². The van der Waals surface area contributed by atoms with Gasteiger partial charge in [0.05, 0.1) is 18.0 Å². The van der Waals surface area contributed by atoms with Crippen LogP contribution in [0, 0.1) is 11.8 Å². The third-order valence-corrected chi connectivity index (χ3v) is 10.0. The molecular weight excluding hydrogens is 496 g/mol. The molecule has 5 aliphatic rings. The highest BCUT2D eigenvalue weighted by atomic mass is 32.2. The van der Waals surface area contributed by atoms with Crippen LogP contribution in [0.15, 0.2) is 10.6 Å². The lowest BCUT2D eigenvalue weighted by Gasteiger charge is -2.47. The molecule has 0 aromatic heterocycles. The van der Waals surface area contributed by atoms with Gasteiger partial charge in [-0.25, -0.2) is 4.79 Å². The first kappa shape index (κ1) is 26.5. The molecule has 4 saturated heterocycles. The van der Waals surface area contributed by atoms with Crippen molar-refractivity contribution in [3.05, 3.63) is 10.6 Å². The highest BCUT2D eigenvalue weighted by molar-refractivity contribution is 8.03. The van der Waals surface area contributed by atoms with Crippen molar-refractivity contribution in [1.82, 2.24) is 25.8 Å². The van der Waals surface area contributed by atoms with Crippen LogP contribution in [0.1, 0.15) is 46.0 Å². The summed E-state index contributed by atoms with van der Waals surface area (Å²) >= 11 is 1.47. The second kappa shape index (κ2) is 10.5. The molecule has 204 valence electrons. The van der Waals surface area contributed by atoms with E-state index in [0.29, 0.717) is 37.4 Å². The molecule has 5 rings (SSSR count). The fourth-order valence-corrected chi connectivity index (χ4v) is 8.10. The quantitative estimate of drug-likeness (QED) is 0.257. The standard InChI is InChI=1S/C25H38N6O5S/c1-12-20-19(13(2)29-18(32)8-15-4-3-6-27-15)24(34)31(20)21(25(35)36)22(12)37-16-9-17(28-10-16)23(33)30-7-5-14(26)11-30/h12-17,19-20,27-28H,3-11,26H2,1-2H3,(H,29,32)(H,35,36)/t12-,13-,14?,15?,16+,17+,19-,20-/m1/s1. The number of carboxylic acids is 1. The van der Waals surface area contributed by atoms with Crippen LogP contribution in [0.5, 0.6) is 0 Å². The van der Waals surface area contributed by atoms with E-state index in [1.165, 1.54) is 16.7 Å². The molecule has 11 nitrogen and oxygen atoms in total. The van der Waals surface area contributed by atoms with Crippen LogP contribution in [0.4, 0.5) is 0 Å². The minimum atomic E-state index is -1.11. The van der Waals surface area contributed by atoms with Crippen molar-refractivity contribution in [2.45, 2.75) is 81.4 Å². The van der Waals surface area contributed by atoms with E-state index in [1.54, 1.807) is 0 Å². The summed E-state index contributed by atoms with van der Waals surface area (Å²) < 4.78 is 0. The van der Waals surface area contributed by atoms with Crippen LogP contribution >= 0.6 is 11.8 Å². The topological polar surface area (TPSA) is 157 Å². The smallest absolute Gasteiger partial charge is 0.353 e. The number of carbonyl (C=O) groups excluding carboxylic acids is 3. The second-order valence-corrected chi connectivity index (χ2v) is 12.5. The predicted octanol–water partition coefficient (Wildman–Crippen LogP) is -0.571. The van der Waals surface area contributed by atoms with E-state index in [4.69, 9.17) is 5.73 Å². The molecule has 0 bridgehead atoms. The van der Waals surface area contributed by atoms with Gasteiger partial charge < -0.3 is 36.6 Å². The van der Waals surface area contributed by atoms with Crippen LogP contribution in [-0.4, -0.2) is 100 Å². The van der Waals surface area contributed by atoms with E-state index in [1.807, 2.05) is 18.7 Å². The number of β-lactam (4-membered cyclic amide) rings is 1. The number of likely N-dealkylation sites (tertiary alicyclic amines) is 1. The van der Waals surface area contributed by atoms with Gasteiger partial charge in [0.15, 0.2) is 0 Å². The van der Waals surface area contributed by atoms with Crippen molar-refractivity contribution in [3.8, 4) is 0 Å². The van der Waals surface area contributed by atoms with Gasteiger partial charge in [-0.15, -0.1) is 11.8 Å². The fraction of sp³-hybridized carbons (Fsp3) is 0.760. The van der Waals surface area contributed by atoms with Gasteiger partial charge in [-0.3, -0.25) is 14.4 Å². The number of aliphatic carboxylic acids is 1. The Morgan fingerprint density at radius 1 is 1.27 bits per heavy atom. The number of nitrogens with two attached hydrogens (primary N) is 1. The lowest BCUT2D eigenvalue weighted by atomic mass is 9.78. The molecule has 0 spiro atoms. The predicted molar refractivity (Wildman–Crippen MR) is 138 cm³/mol. The van der Waals surface area contributed by atoms with Crippen molar-refractivity contribution < 1.29 is 24.3 Å². The number of nitrogens with one attached hydrogen (secondary N) is 3. The largest absolute Gasteiger partial charge is 0.477 e. The molecule has 37 heavy (non-hydrogen) atoms. The van der Waals surface area contributed by atoms with Gasteiger partial charge in [0.2, 0.25) is 17.7 Å². The van der Waals surface area contributed by atoms with E-state index in [9.17, 15) is 24.3 Å². The van der Waals surface area contributed by atoms with Crippen molar-refractivity contribution in [2.24, 2.45) is 17.6 Å². The Morgan fingerprint density at radius 2 is 2.05 bits per heavy atom. The highest BCUT2D eigenvalue weighted by Gasteiger charge is 2.60. The van der Waals surface area contributed by atoms with E-state index >= 15 is 0 Å². The number of carbonyl (C=O) groups is 4. The summed E-state index contributed by atoms with van der Waals surface area (Å²) in [6, 6.07) is -0.776. The van der Waals surface area contributed by atoms with E-state index in [2.05, 4.69) is 16.0 Å². The second-order valence-electron chi connectivity index (χ2n) is 11.2. The number of hydrogen-bond donors (Lipinski definition) is 5. The molecule has 4 fully saturated rings. The molecule has 12 heteroatoms. The third-order valence-electron chi connectivity index (χ3n) is 8.53. The van der Waals surface area contributed by atoms with Crippen molar-refractivity contribution >= 4 is 35.5 Å². The molecule has 0 aromatic carbocycles. The van der Waals surface area contributed by atoms with Gasteiger partial charge >= 0.3 is 5.97 Å². The van der Waals surface area contributed by atoms with Crippen LogP contribution in [0.3, 0.4) is 0 Å². The van der Waals surface area contributed by atoms with Crippen LogP contribution in [0.25, 0.3) is 0 Å². The van der Waals surface area contributed by atoms with Gasteiger partial charge in [0, 0.05) is 60.3 Å². The van der Waals surface area contributed by atoms with Gasteiger partial charge in [0.25, 0.3) is 0 Å². The molecule has 0 radical (unpaired) electrons. The lowest BCUT2D eigenvalue weighted by molar-refractivity contribution is -0.158. The van der Waals surface area contributed by atoms with Crippen LogP contribution in [0.2, 0.25) is 0 Å². The van der Waals surface area contributed by atoms with Crippen molar-refractivity contribution in [1.29, 1.82) is 0 Å². The third kappa shape index (κ3) is 5.00. The number of nitrogens with zero attached hydrogens (tertiary/aromatic N) is 2. The molecule has 2 unspecified atom stereocenters. The summed E-state index contributed by atoms with van der Waals surface area (Å²) in [4.78, 5) is 54.8. The zero-order valence-electron chi connectivity index (χ0n) is 21.4. The molecule has 0 aromatic rings. The number of fused-ring (bicyclic) bond motifs is 1. The summed E-state index contributed by atoms with van der Waals surface area (Å²) in [6.45, 7) is 6.56. The summed E-state index contributed by atoms with van der Waals surface area (Å²) in [5.74, 6) is -2.02. The Labute approximate surface area is 221 Å². The van der Waals surface area contributed by atoms with Gasteiger partial charge in [-0.1, -0.05) is 6.92 Å². The monoisotopic (exact) mass is 534 g/mol. The van der Waals surface area contributed by atoms with Crippen LogP contribution < -0.4 is 21.7 Å². The highest BCUT2D eigenvalue weighted by Crippen LogP contribution is 2.51. The average molecular weight is 535 g/mol. The summed E-state index contributed by atoms with van der Waals surface area (Å²) in [6.07, 6.45) is 3.82. The maximum Gasteiger partial charge on any atom is 0.353 e. The molecule has 5 heterocycles. The van der Waals surface area contributed by atoms with E-state index in [-0.39, 0.29) is 64.8 Å². The number of amides is 3. The SMILES string of the molecule is C[C@@H](NC(=O)CC1CCCN1)[C@H]1C(=O)N2C(C(=O)O)=C(S[C@@H]3CN[C@H](C(=O)N4CCC(N)C4)C3)[C@H](C)[C@H]12. The molecule has 8 atom stereocenters. The molecule has 0 aliphatic carbocycles. The fourth-order valence-electron chi connectivity index (χ4n) is 6.62. The maximum absolute atomic E-state index is 13.2. The Hall–Kier alpha value is -2.15. The molecule has 6 N–H and O–H groups in total. The Morgan fingerprint density at radius 3 is 2.70 bits per heavy atom.